The molecule has 0 aliphatic carbocycles. The van der Waals surface area contributed by atoms with E-state index in [0.717, 1.165) is 0 Å². The topological polar surface area (TPSA) is 37.3 Å². The van der Waals surface area contributed by atoms with Crippen LogP contribution in [0.25, 0.3) is 1.43 Å². The van der Waals surface area contributed by atoms with Gasteiger partial charge in [-0.25, -0.2) is 0 Å². The van der Waals surface area contributed by atoms with Crippen LogP contribution >= 0.6 is 0 Å². The number of rotatable bonds is 5. The summed E-state index contributed by atoms with van der Waals surface area (Å²) < 4.78 is 117. The molecule has 2 heteroatoms. The van der Waals surface area contributed by atoms with Crippen LogP contribution in [-0.2, 0) is 4.79 Å². The minimum Gasteiger partial charge on any atom is -0.481 e. The normalized spacial score (nSPS) is 42.8. The molecule has 0 rings (SSSR count). The molecule has 0 saturated carbocycles. The monoisotopic (exact) mass is 160 g/mol. The van der Waals surface area contributed by atoms with Gasteiger partial charge in [-0.15, -0.1) is 0 Å². The number of carboxylic acid groups (broad SMARTS) is 1. The first-order valence-electron chi connectivity index (χ1n) is 10.1. The summed E-state index contributed by atoms with van der Waals surface area (Å²) in [6, 6.07) is 0. The van der Waals surface area contributed by atoms with E-state index in [1.54, 1.807) is 0 Å². The quantitative estimate of drug-likeness (QED) is 0.670. The third-order valence-electron chi connectivity index (χ3n) is 0.579. The zero-order valence-corrected chi connectivity index (χ0v) is 4.82. The summed E-state index contributed by atoms with van der Waals surface area (Å²) in [6.07, 6.45) is -17.0. The van der Waals surface area contributed by atoms with E-state index in [2.05, 4.69) is 5.11 Å². The second kappa shape index (κ2) is 5.27. The summed E-state index contributed by atoms with van der Waals surface area (Å²) in [5.74, 6) is -6.92. The van der Waals surface area contributed by atoms with E-state index in [-0.39, 0.29) is 0 Å². The van der Waals surface area contributed by atoms with Crippen molar-refractivity contribution in [1.82, 2.24) is 0 Å². The lowest BCUT2D eigenvalue weighted by Crippen LogP contribution is -2.12. The Morgan fingerprint density at radius 3 is 2.80 bits per heavy atom. The molecule has 2 nitrogen and oxygen atoms in total. The van der Waals surface area contributed by atoms with Gasteiger partial charge in [0, 0.05) is 20.6 Å². The number of hydrogen-bond donors (Lipinski definition) is 1. The van der Waals surface area contributed by atoms with Crippen LogP contribution in [0.3, 0.4) is 0 Å². The molecule has 0 bridgehead atoms. The highest BCUT2D eigenvalue weighted by atomic mass is 16.4. The highest BCUT2D eigenvalue weighted by Gasteiger charge is 2.13. The summed E-state index contributed by atoms with van der Waals surface area (Å²) in [5, 5.41) is 3.35. The number of hydrogen-bond acceptors (Lipinski definition) is 2. The molecule has 60 valence electrons. The summed E-state index contributed by atoms with van der Waals surface area (Å²) in [7, 11) is 0. The van der Waals surface area contributed by atoms with Gasteiger partial charge in [0.25, 0.3) is 1.43 Å². The van der Waals surface area contributed by atoms with E-state index in [9.17, 15) is 4.79 Å². The van der Waals surface area contributed by atoms with Crippen LogP contribution in [-0.4, -0.2) is 11.1 Å². The molecule has 0 amide bonds. The Bertz CT molecular complexity index is 503. The van der Waals surface area contributed by atoms with Gasteiger partial charge in [0.05, 0.1) is 5.89 Å². The maximum absolute atomic E-state index is 11.9. The fourth-order valence-electron chi connectivity index (χ4n) is 0.258. The molecular weight excluding hydrogens is 128 g/mol. The highest BCUT2D eigenvalue weighted by molar-refractivity contribution is 5.69. The Labute approximate surface area is 84.8 Å². The van der Waals surface area contributed by atoms with Gasteiger partial charge < -0.3 is 5.11 Å². The Morgan fingerprint density at radius 1 is 1.80 bits per heavy atom. The molecule has 0 aliphatic heterocycles. The van der Waals surface area contributed by atoms with Gasteiger partial charge in [-0.2, -0.15) is 0 Å². The maximum atomic E-state index is 11.9. The molecule has 0 unspecified atom stereocenters. The molecule has 0 aromatic carbocycles. The first kappa shape index (κ1) is 1.13. The third-order valence-corrected chi connectivity index (χ3v) is 0.579. The van der Waals surface area contributed by atoms with Crippen molar-refractivity contribution in [2.45, 2.75) is 39.2 Å². The molecule has 0 aromatic heterocycles. The lowest BCUT2D eigenvalue weighted by molar-refractivity contribution is -0.142. The minimum atomic E-state index is -4.42. The molecular formula is C8H16O2. The van der Waals surface area contributed by atoms with E-state index < -0.39 is 51.1 Å². The van der Waals surface area contributed by atoms with E-state index >= 15 is 0 Å². The fourth-order valence-corrected chi connectivity index (χ4v) is 0.258. The SMILES string of the molecule is [2H]OC(=O)C([2H])(C([2H])([2H])C([2H])([2H])C([2H])([2H])[2H])C([2H])([2H])C([2H])([2H])C([2H])([2H])[2H]. The summed E-state index contributed by atoms with van der Waals surface area (Å²) >= 11 is 0. The molecule has 1 N–H and O–H groups in total. The van der Waals surface area contributed by atoms with Crippen molar-refractivity contribution in [3.8, 4) is 0 Å². The number of aliphatic carboxylic acids is 1. The first-order valence-corrected chi connectivity index (χ1v) is 2.16. The third kappa shape index (κ3) is 3.49. The average molecular weight is 160 g/mol. The van der Waals surface area contributed by atoms with E-state index in [0.29, 0.717) is 0 Å². The Kier molecular flexibility index (Phi) is 0.598. The maximum Gasteiger partial charge on any atom is 0.306 e. The first-order chi connectivity index (χ1) is 11.0. The van der Waals surface area contributed by atoms with E-state index in [4.69, 9.17) is 22.0 Å². The van der Waals surface area contributed by atoms with Crippen molar-refractivity contribution >= 4 is 5.97 Å². The molecule has 0 aromatic rings. The van der Waals surface area contributed by atoms with E-state index in [1.165, 1.54) is 0 Å². The Balaban J connectivity index is 7.02. The number of carbonyl (C=O) groups is 1. The van der Waals surface area contributed by atoms with Crippen molar-refractivity contribution < 1.29 is 30.5 Å². The number of carboxylic acids is 1. The van der Waals surface area contributed by atoms with Gasteiger partial charge in [0.2, 0.25) is 0 Å². The molecule has 10 heavy (non-hydrogen) atoms. The Morgan fingerprint density at radius 2 is 2.40 bits per heavy atom. The molecule has 0 aliphatic rings. The van der Waals surface area contributed by atoms with Crippen LogP contribution in [0.15, 0.2) is 0 Å². The van der Waals surface area contributed by atoms with Crippen molar-refractivity contribution in [3.63, 3.8) is 0 Å². The van der Waals surface area contributed by atoms with Crippen molar-refractivity contribution in [2.24, 2.45) is 5.89 Å². The standard InChI is InChI=1S/C8H16O2/c1-3-5-7(6-4-2)8(9)10/h7H,3-6H2,1-2H3,(H,9,10)/i1D3,2D3,3D2,4D2,5D2,6D2,7D/hD. The largest absolute Gasteiger partial charge is 0.481 e. The highest BCUT2D eigenvalue weighted by Crippen LogP contribution is 2.12. The van der Waals surface area contributed by atoms with Crippen LogP contribution in [0.5, 0.6) is 0 Å². The average Bonchev–Trinajstić information content (AvgIpc) is 2.42. The van der Waals surface area contributed by atoms with Crippen LogP contribution in [0.2, 0.25) is 0 Å². The van der Waals surface area contributed by atoms with Crippen LogP contribution in [0.4, 0.5) is 0 Å². The van der Waals surface area contributed by atoms with Gasteiger partial charge >= 0.3 is 5.97 Å². The predicted octanol–water partition coefficient (Wildman–Crippen LogP) is 2.29. The minimum absolute atomic E-state index is 2.51. The van der Waals surface area contributed by atoms with Crippen molar-refractivity contribution in [3.05, 3.63) is 0 Å². The van der Waals surface area contributed by atoms with Gasteiger partial charge in [-0.3, -0.25) is 4.79 Å². The predicted molar refractivity (Wildman–Crippen MR) is 40.9 cm³/mol. The lowest BCUT2D eigenvalue weighted by atomic mass is 9.99. The second-order valence-electron chi connectivity index (χ2n) is 1.16. The summed E-state index contributed by atoms with van der Waals surface area (Å²) in [4.78, 5) is 11.9. The summed E-state index contributed by atoms with van der Waals surface area (Å²) in [6.45, 7) is -7.73. The zero-order chi connectivity index (χ0) is 21.8. The second-order valence-corrected chi connectivity index (χ2v) is 1.16. The zero-order valence-electron chi connectivity index (χ0n) is 20.8. The molecule has 0 heterocycles. The smallest absolute Gasteiger partial charge is 0.306 e. The lowest BCUT2D eigenvalue weighted by Gasteiger charge is -2.07. The summed E-state index contributed by atoms with van der Waals surface area (Å²) in [5.41, 5.74) is 0. The molecule has 0 fully saturated rings. The van der Waals surface area contributed by atoms with Crippen LogP contribution in [0, 0.1) is 5.89 Å². The molecule has 0 saturated heterocycles. The molecule has 0 spiro atoms. The Hall–Kier alpha value is -0.530. The van der Waals surface area contributed by atoms with Gasteiger partial charge in [-0.1, -0.05) is 26.4 Å². The van der Waals surface area contributed by atoms with Gasteiger partial charge in [-0.05, 0) is 12.7 Å². The van der Waals surface area contributed by atoms with Gasteiger partial charge in [0.15, 0.2) is 0 Å². The fraction of sp³-hybridized carbons (Fsp3) is 0.875. The molecule has 0 radical (unpaired) electrons. The molecule has 0 atom stereocenters. The van der Waals surface area contributed by atoms with Crippen molar-refractivity contribution in [1.29, 1.82) is 1.43 Å². The van der Waals surface area contributed by atoms with Gasteiger partial charge in [0.1, 0.15) is 0 Å². The van der Waals surface area contributed by atoms with Crippen LogP contribution in [0.1, 0.15) is 59.8 Å². The van der Waals surface area contributed by atoms with Crippen LogP contribution < -0.4 is 0 Å². The van der Waals surface area contributed by atoms with Crippen molar-refractivity contribution in [2.75, 3.05) is 0 Å². The van der Waals surface area contributed by atoms with E-state index in [1.807, 2.05) is 0 Å².